The van der Waals surface area contributed by atoms with E-state index >= 15 is 0 Å². The van der Waals surface area contributed by atoms with Crippen LogP contribution in [0.3, 0.4) is 0 Å². The monoisotopic (exact) mass is 222 g/mol. The first-order chi connectivity index (χ1) is 7.43. The Kier molecular flexibility index (Phi) is 5.43. The minimum atomic E-state index is -0.560. The van der Waals surface area contributed by atoms with Gasteiger partial charge in [0.2, 0.25) is 5.95 Å². The first kappa shape index (κ1) is 14.4. The lowest BCUT2D eigenvalue weighted by molar-refractivity contribution is 0.582. The fourth-order valence-corrected chi connectivity index (χ4v) is 1.20. The van der Waals surface area contributed by atoms with Crippen LogP contribution in [0.2, 0.25) is 0 Å². The van der Waals surface area contributed by atoms with Crippen LogP contribution in [0.5, 0.6) is 0 Å². The number of nitrogens with two attached hydrogens (primary N) is 1. The van der Waals surface area contributed by atoms with Crippen molar-refractivity contribution in [2.75, 3.05) is 5.73 Å². The number of halogens is 1. The first-order valence-corrected chi connectivity index (χ1v) is 5.21. The summed E-state index contributed by atoms with van der Waals surface area (Å²) in [4.78, 5) is 3.68. The smallest absolute Gasteiger partial charge is 0.214 e. The maximum Gasteiger partial charge on any atom is 0.214 e. The van der Waals surface area contributed by atoms with Crippen molar-refractivity contribution in [1.82, 2.24) is 4.98 Å². The molecule has 0 bridgehead atoms. The van der Waals surface area contributed by atoms with Gasteiger partial charge in [0.1, 0.15) is 0 Å². The number of nitrogen functional groups attached to an aromatic ring is 1. The molecule has 2 nitrogen and oxygen atoms in total. The minimum Gasteiger partial charge on any atom is -0.396 e. The van der Waals surface area contributed by atoms with Crippen LogP contribution >= 0.6 is 0 Å². The van der Waals surface area contributed by atoms with E-state index in [-0.39, 0.29) is 0 Å². The molecule has 16 heavy (non-hydrogen) atoms. The molecule has 1 aromatic heterocycles. The van der Waals surface area contributed by atoms with E-state index in [4.69, 9.17) is 5.73 Å². The highest BCUT2D eigenvalue weighted by Crippen LogP contribution is 2.26. The SMILES string of the molecule is C=C(C)c1cc(F)nc(C(=C)C)c1N.CC. The van der Waals surface area contributed by atoms with Crippen molar-refractivity contribution < 1.29 is 4.39 Å². The Hall–Kier alpha value is -1.64. The van der Waals surface area contributed by atoms with Crippen molar-refractivity contribution >= 4 is 16.8 Å². The summed E-state index contributed by atoms with van der Waals surface area (Å²) >= 11 is 0. The number of hydrogen-bond acceptors (Lipinski definition) is 2. The predicted octanol–water partition coefficient (Wildman–Crippen LogP) is 3.90. The van der Waals surface area contributed by atoms with Crippen molar-refractivity contribution in [3.8, 4) is 0 Å². The van der Waals surface area contributed by atoms with Crippen molar-refractivity contribution in [2.45, 2.75) is 27.7 Å². The van der Waals surface area contributed by atoms with Gasteiger partial charge in [-0.3, -0.25) is 0 Å². The molecule has 0 amide bonds. The van der Waals surface area contributed by atoms with E-state index in [1.807, 2.05) is 13.8 Å². The summed E-state index contributed by atoms with van der Waals surface area (Å²) in [6, 6.07) is 1.28. The number of allylic oxidation sites excluding steroid dienone is 2. The van der Waals surface area contributed by atoms with Gasteiger partial charge >= 0.3 is 0 Å². The first-order valence-electron chi connectivity index (χ1n) is 5.21. The molecule has 0 aliphatic carbocycles. The molecule has 0 atom stereocenters. The highest BCUT2D eigenvalue weighted by Gasteiger charge is 2.10. The van der Waals surface area contributed by atoms with Gasteiger partial charge in [-0.15, -0.1) is 0 Å². The lowest BCUT2D eigenvalue weighted by atomic mass is 10.0. The number of aromatic nitrogens is 1. The zero-order valence-electron chi connectivity index (χ0n) is 10.4. The van der Waals surface area contributed by atoms with E-state index in [1.165, 1.54) is 6.07 Å². The van der Waals surface area contributed by atoms with Gasteiger partial charge in [0.25, 0.3) is 0 Å². The Morgan fingerprint density at radius 1 is 1.25 bits per heavy atom. The van der Waals surface area contributed by atoms with Gasteiger partial charge in [-0.05, 0) is 25.0 Å². The van der Waals surface area contributed by atoms with Crippen LogP contribution in [-0.2, 0) is 0 Å². The molecule has 1 rings (SSSR count). The van der Waals surface area contributed by atoms with Crippen LogP contribution in [0.15, 0.2) is 19.2 Å². The summed E-state index contributed by atoms with van der Waals surface area (Å²) in [6.45, 7) is 14.9. The van der Waals surface area contributed by atoms with Gasteiger partial charge in [0.05, 0.1) is 11.4 Å². The highest BCUT2D eigenvalue weighted by molar-refractivity contribution is 5.80. The molecule has 2 N–H and O–H groups in total. The summed E-state index contributed by atoms with van der Waals surface area (Å²) in [5, 5.41) is 0. The second kappa shape index (κ2) is 6.05. The molecular weight excluding hydrogens is 203 g/mol. The molecule has 0 aromatic carbocycles. The second-order valence-electron chi connectivity index (χ2n) is 3.32. The predicted molar refractivity (Wildman–Crippen MR) is 69.4 cm³/mol. The largest absolute Gasteiger partial charge is 0.396 e. The van der Waals surface area contributed by atoms with Gasteiger partial charge in [-0.25, -0.2) is 4.98 Å². The topological polar surface area (TPSA) is 38.9 Å². The zero-order valence-corrected chi connectivity index (χ0v) is 10.4. The van der Waals surface area contributed by atoms with Crippen molar-refractivity contribution in [3.63, 3.8) is 0 Å². The van der Waals surface area contributed by atoms with E-state index < -0.39 is 5.95 Å². The Morgan fingerprint density at radius 3 is 2.12 bits per heavy atom. The van der Waals surface area contributed by atoms with E-state index in [2.05, 4.69) is 18.1 Å². The normalized spacial score (nSPS) is 9.06. The van der Waals surface area contributed by atoms with Crippen LogP contribution in [0.4, 0.5) is 10.1 Å². The molecule has 0 saturated carbocycles. The molecule has 0 aliphatic rings. The number of hydrogen-bond donors (Lipinski definition) is 1. The average Bonchev–Trinajstić information content (AvgIpc) is 2.23. The standard InChI is InChI=1S/C11H13FN2.C2H6/c1-6(2)8-5-9(12)14-11(7(3)4)10(8)13;1-2/h5H,1,3,13H2,2,4H3;1-2H3. The maximum absolute atomic E-state index is 13.1. The molecular formula is C13H19FN2. The highest BCUT2D eigenvalue weighted by atomic mass is 19.1. The molecule has 0 aliphatic heterocycles. The number of pyridine rings is 1. The minimum absolute atomic E-state index is 0.406. The van der Waals surface area contributed by atoms with Crippen molar-refractivity contribution in [2.24, 2.45) is 0 Å². The van der Waals surface area contributed by atoms with Crippen LogP contribution < -0.4 is 5.73 Å². The maximum atomic E-state index is 13.1. The molecule has 1 aromatic rings. The summed E-state index contributed by atoms with van der Waals surface area (Å²) in [7, 11) is 0. The van der Waals surface area contributed by atoms with Crippen LogP contribution in [0.25, 0.3) is 11.1 Å². The third-order valence-corrected chi connectivity index (χ3v) is 1.89. The lowest BCUT2D eigenvalue weighted by Crippen LogP contribution is -2.02. The van der Waals surface area contributed by atoms with Crippen LogP contribution in [0, 0.1) is 5.95 Å². The number of nitrogens with zero attached hydrogens (tertiary/aromatic N) is 1. The fraction of sp³-hybridized carbons (Fsp3) is 0.308. The van der Waals surface area contributed by atoms with Gasteiger partial charge < -0.3 is 5.73 Å². The Morgan fingerprint density at radius 2 is 1.75 bits per heavy atom. The van der Waals surface area contributed by atoms with Gasteiger partial charge in [0, 0.05) is 11.6 Å². The van der Waals surface area contributed by atoms with Crippen molar-refractivity contribution in [3.05, 3.63) is 36.4 Å². The quantitative estimate of drug-likeness (QED) is 0.771. The van der Waals surface area contributed by atoms with E-state index in [0.29, 0.717) is 28.1 Å². The average molecular weight is 222 g/mol. The number of anilines is 1. The van der Waals surface area contributed by atoms with Gasteiger partial charge in [-0.2, -0.15) is 4.39 Å². The summed E-state index contributed by atoms with van der Waals surface area (Å²) in [5.41, 5.74) is 8.60. The number of rotatable bonds is 2. The molecule has 0 unspecified atom stereocenters. The van der Waals surface area contributed by atoms with E-state index in [1.54, 1.807) is 13.8 Å². The lowest BCUT2D eigenvalue weighted by Gasteiger charge is -2.09. The van der Waals surface area contributed by atoms with Crippen LogP contribution in [0.1, 0.15) is 39.0 Å². The molecule has 0 saturated heterocycles. The Labute approximate surface area is 96.7 Å². The molecule has 3 heteroatoms. The van der Waals surface area contributed by atoms with Crippen molar-refractivity contribution in [1.29, 1.82) is 0 Å². The van der Waals surface area contributed by atoms with Crippen LogP contribution in [-0.4, -0.2) is 4.98 Å². The Balaban J connectivity index is 0.00000106. The van der Waals surface area contributed by atoms with Gasteiger partial charge in [-0.1, -0.05) is 27.0 Å². The summed E-state index contributed by atoms with van der Waals surface area (Å²) in [5.74, 6) is -0.560. The van der Waals surface area contributed by atoms with E-state index in [9.17, 15) is 4.39 Å². The molecule has 88 valence electrons. The third kappa shape index (κ3) is 3.19. The fourth-order valence-electron chi connectivity index (χ4n) is 1.20. The molecule has 1 heterocycles. The molecule has 0 radical (unpaired) electrons. The second-order valence-corrected chi connectivity index (χ2v) is 3.32. The summed E-state index contributed by atoms with van der Waals surface area (Å²) in [6.07, 6.45) is 0. The summed E-state index contributed by atoms with van der Waals surface area (Å²) < 4.78 is 13.1. The molecule has 0 spiro atoms. The Bertz CT molecular complexity index is 373. The third-order valence-electron chi connectivity index (χ3n) is 1.89. The van der Waals surface area contributed by atoms with Gasteiger partial charge in [0.15, 0.2) is 0 Å². The zero-order chi connectivity index (χ0) is 12.9. The molecule has 0 fully saturated rings. The van der Waals surface area contributed by atoms with E-state index in [0.717, 1.165) is 0 Å².